The van der Waals surface area contributed by atoms with Crippen LogP contribution in [0.2, 0.25) is 0 Å². The Morgan fingerprint density at radius 1 is 0.688 bits per heavy atom. The third kappa shape index (κ3) is 3.73. The van der Waals surface area contributed by atoms with Crippen molar-refractivity contribution in [1.82, 2.24) is 9.47 Å². The van der Waals surface area contributed by atoms with Crippen LogP contribution < -0.4 is 4.57 Å². The molecule has 0 N–H and O–H groups in total. The number of carbonyl (C=O) groups is 2. The molecule has 158 valence electrons. The fraction of sp³-hybridized carbons (Fsp3) is 0.148. The molecule has 5 nitrogen and oxygen atoms in total. The standard InChI is InChI=1S/C27H24N3O2/c31-26-23-14-7-8-15-24(23)27(32)30(26)17-9-16-28-18-19-29(20-21-10-3-1-4-11-21)25(28)22-12-5-2-6-13-22/h1-8,10-15,18-19H,9,16-17,20H2/q+1. The van der Waals surface area contributed by atoms with Crippen LogP contribution >= 0.6 is 0 Å². The van der Waals surface area contributed by atoms with Crippen molar-refractivity contribution in [2.45, 2.75) is 19.5 Å². The smallest absolute Gasteiger partial charge is 0.274 e. The van der Waals surface area contributed by atoms with Gasteiger partial charge in [-0.2, -0.15) is 0 Å². The van der Waals surface area contributed by atoms with Crippen molar-refractivity contribution in [2.24, 2.45) is 0 Å². The highest BCUT2D eigenvalue weighted by atomic mass is 16.2. The van der Waals surface area contributed by atoms with E-state index in [1.807, 2.05) is 24.3 Å². The molecule has 0 saturated heterocycles. The Hall–Kier alpha value is -3.99. The predicted molar refractivity (Wildman–Crippen MR) is 122 cm³/mol. The Bertz CT molecular complexity index is 1230. The maximum absolute atomic E-state index is 12.6. The van der Waals surface area contributed by atoms with E-state index in [1.54, 1.807) is 24.3 Å². The highest BCUT2D eigenvalue weighted by Gasteiger charge is 2.34. The number of rotatable bonds is 7. The molecule has 32 heavy (non-hydrogen) atoms. The maximum atomic E-state index is 12.6. The molecular weight excluding hydrogens is 398 g/mol. The first-order chi connectivity index (χ1) is 15.7. The second kappa shape index (κ2) is 8.63. The number of benzene rings is 3. The quantitative estimate of drug-likeness (QED) is 0.331. The molecule has 0 spiro atoms. The van der Waals surface area contributed by atoms with Gasteiger partial charge < -0.3 is 0 Å². The van der Waals surface area contributed by atoms with Crippen molar-refractivity contribution in [3.8, 4) is 11.4 Å². The molecule has 0 bridgehead atoms. The van der Waals surface area contributed by atoms with Gasteiger partial charge in [-0.1, -0.05) is 60.7 Å². The molecule has 0 saturated carbocycles. The van der Waals surface area contributed by atoms with Crippen LogP contribution in [0, 0.1) is 0 Å². The lowest BCUT2D eigenvalue weighted by Crippen LogP contribution is -2.35. The first kappa shape index (κ1) is 19.9. The maximum Gasteiger partial charge on any atom is 0.289 e. The van der Waals surface area contributed by atoms with Gasteiger partial charge in [0, 0.05) is 13.0 Å². The Morgan fingerprint density at radius 2 is 1.28 bits per heavy atom. The van der Waals surface area contributed by atoms with Crippen LogP contribution in [-0.4, -0.2) is 27.8 Å². The van der Waals surface area contributed by atoms with Crippen molar-refractivity contribution in [3.05, 3.63) is 114 Å². The van der Waals surface area contributed by atoms with E-state index < -0.39 is 0 Å². The average molecular weight is 423 g/mol. The molecule has 2 amide bonds. The molecule has 2 heterocycles. The Labute approximate surface area is 187 Å². The van der Waals surface area contributed by atoms with E-state index in [-0.39, 0.29) is 11.8 Å². The zero-order valence-electron chi connectivity index (χ0n) is 17.7. The van der Waals surface area contributed by atoms with Gasteiger partial charge in [0.1, 0.15) is 18.9 Å². The number of nitrogens with zero attached hydrogens (tertiary/aromatic N) is 3. The summed E-state index contributed by atoms with van der Waals surface area (Å²) in [6.07, 6.45) is 4.86. The highest BCUT2D eigenvalue weighted by molar-refractivity contribution is 6.21. The first-order valence-electron chi connectivity index (χ1n) is 10.9. The minimum absolute atomic E-state index is 0.194. The molecule has 4 aromatic rings. The van der Waals surface area contributed by atoms with E-state index >= 15 is 0 Å². The van der Waals surface area contributed by atoms with E-state index in [0.29, 0.717) is 30.6 Å². The van der Waals surface area contributed by atoms with Crippen molar-refractivity contribution in [1.29, 1.82) is 0 Å². The van der Waals surface area contributed by atoms with Gasteiger partial charge in [0.25, 0.3) is 17.6 Å². The second-order valence-corrected chi connectivity index (χ2v) is 7.96. The first-order valence-corrected chi connectivity index (χ1v) is 10.9. The third-order valence-electron chi connectivity index (χ3n) is 5.86. The number of hydrogen-bond acceptors (Lipinski definition) is 2. The van der Waals surface area contributed by atoms with Crippen LogP contribution in [0.5, 0.6) is 0 Å². The summed E-state index contributed by atoms with van der Waals surface area (Å²) in [5.74, 6) is 0.720. The summed E-state index contributed by atoms with van der Waals surface area (Å²) in [6.45, 7) is 1.88. The lowest BCUT2D eigenvalue weighted by atomic mass is 10.1. The van der Waals surface area contributed by atoms with Crippen LogP contribution in [0.15, 0.2) is 97.3 Å². The number of aryl methyl sites for hydroxylation is 1. The zero-order valence-corrected chi connectivity index (χ0v) is 17.7. The number of fused-ring (bicyclic) bond motifs is 1. The zero-order chi connectivity index (χ0) is 21.9. The van der Waals surface area contributed by atoms with Gasteiger partial charge in [0.05, 0.1) is 23.2 Å². The Morgan fingerprint density at radius 3 is 1.94 bits per heavy atom. The summed E-state index contributed by atoms with van der Waals surface area (Å²) in [5.41, 5.74) is 3.38. The SMILES string of the molecule is O=C1c2ccccc2C(=O)N1CCCn1cc[n+](Cc2ccccc2)c1-c1ccccc1. The van der Waals surface area contributed by atoms with Gasteiger partial charge in [-0.25, -0.2) is 9.13 Å². The van der Waals surface area contributed by atoms with Crippen molar-refractivity contribution >= 4 is 11.8 Å². The van der Waals surface area contributed by atoms with Crippen LogP contribution in [0.25, 0.3) is 11.4 Å². The van der Waals surface area contributed by atoms with Crippen LogP contribution in [0.3, 0.4) is 0 Å². The molecular formula is C27H24N3O2+. The molecule has 1 aromatic heterocycles. The number of carbonyl (C=O) groups excluding carboxylic acids is 2. The predicted octanol–water partition coefficient (Wildman–Crippen LogP) is 4.18. The molecule has 0 aliphatic carbocycles. The highest BCUT2D eigenvalue weighted by Crippen LogP contribution is 2.23. The van der Waals surface area contributed by atoms with E-state index in [0.717, 1.165) is 17.9 Å². The molecule has 5 rings (SSSR count). The van der Waals surface area contributed by atoms with Gasteiger partial charge in [0.15, 0.2) is 0 Å². The van der Waals surface area contributed by atoms with Gasteiger partial charge in [-0.3, -0.25) is 14.5 Å². The topological polar surface area (TPSA) is 46.2 Å². The van der Waals surface area contributed by atoms with Crippen LogP contribution in [0.1, 0.15) is 32.7 Å². The third-order valence-corrected chi connectivity index (χ3v) is 5.86. The largest absolute Gasteiger partial charge is 0.289 e. The van der Waals surface area contributed by atoms with Crippen LogP contribution in [-0.2, 0) is 13.1 Å². The number of imidazole rings is 1. The lowest BCUT2D eigenvalue weighted by Gasteiger charge is -2.13. The molecule has 0 atom stereocenters. The van der Waals surface area contributed by atoms with Crippen molar-refractivity contribution in [3.63, 3.8) is 0 Å². The van der Waals surface area contributed by atoms with E-state index in [2.05, 4.69) is 57.9 Å². The molecule has 1 aliphatic heterocycles. The Balaban J connectivity index is 1.35. The fourth-order valence-electron chi connectivity index (χ4n) is 4.32. The van der Waals surface area contributed by atoms with Crippen LogP contribution in [0.4, 0.5) is 0 Å². The molecule has 0 unspecified atom stereocenters. The summed E-state index contributed by atoms with van der Waals surface area (Å²) in [7, 11) is 0. The molecule has 0 fully saturated rings. The summed E-state index contributed by atoms with van der Waals surface area (Å²) < 4.78 is 4.45. The van der Waals surface area contributed by atoms with E-state index in [1.165, 1.54) is 10.5 Å². The summed E-state index contributed by atoms with van der Waals surface area (Å²) in [5, 5.41) is 0. The van der Waals surface area contributed by atoms with E-state index in [9.17, 15) is 9.59 Å². The number of aromatic nitrogens is 2. The molecule has 0 radical (unpaired) electrons. The van der Waals surface area contributed by atoms with Gasteiger partial charge in [0.2, 0.25) is 0 Å². The summed E-state index contributed by atoms with van der Waals surface area (Å²) in [6, 6.07) is 27.7. The second-order valence-electron chi connectivity index (χ2n) is 7.96. The minimum atomic E-state index is -0.194. The molecule has 3 aromatic carbocycles. The minimum Gasteiger partial charge on any atom is -0.274 e. The Kier molecular flexibility index (Phi) is 5.38. The lowest BCUT2D eigenvalue weighted by molar-refractivity contribution is -0.676. The van der Waals surface area contributed by atoms with Crippen molar-refractivity contribution < 1.29 is 14.2 Å². The fourth-order valence-corrected chi connectivity index (χ4v) is 4.32. The molecule has 1 aliphatic rings. The number of amides is 2. The monoisotopic (exact) mass is 422 g/mol. The van der Waals surface area contributed by atoms with Gasteiger partial charge in [-0.15, -0.1) is 0 Å². The summed E-state index contributed by atoms with van der Waals surface area (Å²) in [4.78, 5) is 26.6. The normalized spacial score (nSPS) is 12.9. The molecule has 5 heteroatoms. The van der Waals surface area contributed by atoms with Crippen molar-refractivity contribution in [2.75, 3.05) is 6.54 Å². The van der Waals surface area contributed by atoms with E-state index in [4.69, 9.17) is 0 Å². The number of hydrogen-bond donors (Lipinski definition) is 0. The van der Waals surface area contributed by atoms with Gasteiger partial charge >= 0.3 is 0 Å². The number of imide groups is 1. The average Bonchev–Trinajstić information content (AvgIpc) is 3.34. The van der Waals surface area contributed by atoms with Gasteiger partial charge in [-0.05, 0) is 29.8 Å². The summed E-state index contributed by atoms with van der Waals surface area (Å²) >= 11 is 0.